The van der Waals surface area contributed by atoms with Crippen LogP contribution in [0.2, 0.25) is 0 Å². The molecule has 2 aromatic rings. The molecule has 0 radical (unpaired) electrons. The Labute approximate surface area is 162 Å². The number of rotatable bonds is 5. The third-order valence-electron chi connectivity index (χ3n) is 3.30. The Hall–Kier alpha value is 0.246. The monoisotopic (exact) mass is 316 g/mol. The minimum Gasteiger partial charge on any atom is -0.744 e. The standard InChI is InChI=1S/C15H18O3S.K/c1-2-3-4-9-14-13-8-6-5-7-12(13)10-11-15(14)19(16,17)18;/h5-8,10-11H,2-4,9H2,1H3,(H,16,17,18);/q;+1/p-1. The Bertz CT molecular complexity index is 681. The van der Waals surface area contributed by atoms with Gasteiger partial charge in [-0.15, -0.1) is 0 Å². The van der Waals surface area contributed by atoms with E-state index in [0.29, 0.717) is 12.0 Å². The van der Waals surface area contributed by atoms with E-state index in [1.165, 1.54) is 6.07 Å². The minimum atomic E-state index is -4.41. The molecule has 0 N–H and O–H groups in total. The van der Waals surface area contributed by atoms with Crippen molar-refractivity contribution < 1.29 is 64.4 Å². The summed E-state index contributed by atoms with van der Waals surface area (Å²) in [4.78, 5) is -0.0673. The van der Waals surface area contributed by atoms with Crippen molar-refractivity contribution in [3.63, 3.8) is 0 Å². The molecule has 0 aliphatic heterocycles. The number of fused-ring (bicyclic) bond motifs is 1. The maximum atomic E-state index is 11.4. The van der Waals surface area contributed by atoms with E-state index in [1.54, 1.807) is 6.07 Å². The zero-order valence-electron chi connectivity index (χ0n) is 11.9. The van der Waals surface area contributed by atoms with E-state index in [9.17, 15) is 13.0 Å². The van der Waals surface area contributed by atoms with Crippen molar-refractivity contribution in [2.24, 2.45) is 0 Å². The van der Waals surface area contributed by atoms with Gasteiger partial charge in [0.05, 0.1) is 4.90 Å². The van der Waals surface area contributed by atoms with Crippen LogP contribution in [0.3, 0.4) is 0 Å². The van der Waals surface area contributed by atoms with Gasteiger partial charge in [0.25, 0.3) is 0 Å². The maximum Gasteiger partial charge on any atom is 1.00 e. The van der Waals surface area contributed by atoms with Crippen LogP contribution in [0.5, 0.6) is 0 Å². The molecule has 0 bridgehead atoms. The van der Waals surface area contributed by atoms with Crippen molar-refractivity contribution in [3.05, 3.63) is 42.0 Å². The van der Waals surface area contributed by atoms with E-state index in [2.05, 4.69) is 6.92 Å². The van der Waals surface area contributed by atoms with Crippen molar-refractivity contribution in [2.75, 3.05) is 0 Å². The fourth-order valence-electron chi connectivity index (χ4n) is 2.36. The smallest absolute Gasteiger partial charge is 0.744 e. The number of aryl methyl sites for hydroxylation is 1. The van der Waals surface area contributed by atoms with Gasteiger partial charge in [-0.25, -0.2) is 8.42 Å². The summed E-state index contributed by atoms with van der Waals surface area (Å²) in [6.45, 7) is 2.09. The molecule has 0 aromatic heterocycles. The van der Waals surface area contributed by atoms with E-state index in [-0.39, 0.29) is 56.3 Å². The van der Waals surface area contributed by atoms with E-state index in [0.717, 1.165) is 30.0 Å². The predicted octanol–water partition coefficient (Wildman–Crippen LogP) is 0.481. The molecule has 0 spiro atoms. The summed E-state index contributed by atoms with van der Waals surface area (Å²) >= 11 is 0. The van der Waals surface area contributed by atoms with Crippen LogP contribution in [0.1, 0.15) is 31.7 Å². The molecule has 3 nitrogen and oxygen atoms in total. The Morgan fingerprint density at radius 2 is 1.75 bits per heavy atom. The van der Waals surface area contributed by atoms with Gasteiger partial charge in [0.15, 0.2) is 0 Å². The van der Waals surface area contributed by atoms with Crippen LogP contribution in [-0.2, 0) is 16.5 Å². The fraction of sp³-hybridized carbons (Fsp3) is 0.333. The Kier molecular flexibility index (Phi) is 7.35. The summed E-state index contributed by atoms with van der Waals surface area (Å²) in [6.07, 6.45) is 3.62. The second-order valence-electron chi connectivity index (χ2n) is 4.67. The molecule has 0 amide bonds. The van der Waals surface area contributed by atoms with Crippen molar-refractivity contribution in [1.82, 2.24) is 0 Å². The topological polar surface area (TPSA) is 57.2 Å². The molecule has 0 heterocycles. The molecule has 0 saturated carbocycles. The third kappa shape index (κ3) is 4.37. The summed E-state index contributed by atoms with van der Waals surface area (Å²) < 4.78 is 34.1. The first kappa shape index (κ1) is 18.3. The second-order valence-corrected chi connectivity index (χ2v) is 6.02. The molecule has 5 heteroatoms. The SMILES string of the molecule is CCCCCc1c(S(=O)(=O)[O-])ccc2ccccc12.[K+]. The fourth-order valence-corrected chi connectivity index (χ4v) is 3.11. The van der Waals surface area contributed by atoms with Gasteiger partial charge in [-0.1, -0.05) is 50.1 Å². The average Bonchev–Trinajstić information content (AvgIpc) is 2.37. The van der Waals surface area contributed by atoms with E-state index in [4.69, 9.17) is 0 Å². The Morgan fingerprint density at radius 3 is 2.40 bits per heavy atom. The van der Waals surface area contributed by atoms with Crippen molar-refractivity contribution in [1.29, 1.82) is 0 Å². The molecule has 0 fully saturated rings. The molecule has 0 atom stereocenters. The number of unbranched alkanes of at least 4 members (excludes halogenated alkanes) is 2. The Balaban J connectivity index is 0.00000200. The van der Waals surface area contributed by atoms with Crippen LogP contribution in [0, 0.1) is 0 Å². The molecule has 0 aliphatic carbocycles. The number of hydrogen-bond acceptors (Lipinski definition) is 3. The first-order valence-corrected chi connectivity index (χ1v) is 7.91. The molecule has 102 valence electrons. The van der Waals surface area contributed by atoms with Crippen LogP contribution in [0.4, 0.5) is 0 Å². The van der Waals surface area contributed by atoms with E-state index in [1.807, 2.05) is 24.3 Å². The van der Waals surface area contributed by atoms with E-state index >= 15 is 0 Å². The van der Waals surface area contributed by atoms with Crippen molar-refractivity contribution in [3.8, 4) is 0 Å². The summed E-state index contributed by atoms with van der Waals surface area (Å²) in [6, 6.07) is 10.7. The normalized spacial score (nSPS) is 11.3. The van der Waals surface area contributed by atoms with Gasteiger partial charge >= 0.3 is 51.4 Å². The predicted molar refractivity (Wildman–Crippen MR) is 75.1 cm³/mol. The van der Waals surface area contributed by atoms with Gasteiger partial charge in [0.1, 0.15) is 10.1 Å². The average molecular weight is 316 g/mol. The summed E-state index contributed by atoms with van der Waals surface area (Å²) in [5, 5.41) is 1.84. The molecular formula is C15H17KO3S. The molecule has 0 unspecified atom stereocenters. The summed E-state index contributed by atoms with van der Waals surface area (Å²) in [5.41, 5.74) is 0.668. The first-order chi connectivity index (χ1) is 9.04. The van der Waals surface area contributed by atoms with Crippen LogP contribution >= 0.6 is 0 Å². The quantitative estimate of drug-likeness (QED) is 0.458. The van der Waals surface area contributed by atoms with Crippen LogP contribution < -0.4 is 51.4 Å². The van der Waals surface area contributed by atoms with Crippen molar-refractivity contribution in [2.45, 2.75) is 37.5 Å². The second kappa shape index (κ2) is 8.03. The van der Waals surface area contributed by atoms with Gasteiger partial charge in [0, 0.05) is 0 Å². The first-order valence-electron chi connectivity index (χ1n) is 6.50. The minimum absolute atomic E-state index is 0. The molecule has 2 rings (SSSR count). The van der Waals surface area contributed by atoms with E-state index < -0.39 is 10.1 Å². The van der Waals surface area contributed by atoms with Crippen LogP contribution in [0.15, 0.2) is 41.3 Å². The number of benzene rings is 2. The maximum absolute atomic E-state index is 11.4. The molecule has 0 saturated heterocycles. The molecule has 2 aromatic carbocycles. The summed E-state index contributed by atoms with van der Waals surface area (Å²) in [7, 11) is -4.41. The number of hydrogen-bond donors (Lipinski definition) is 0. The third-order valence-corrected chi connectivity index (χ3v) is 4.22. The van der Waals surface area contributed by atoms with Crippen LogP contribution in [-0.4, -0.2) is 13.0 Å². The zero-order valence-corrected chi connectivity index (χ0v) is 15.9. The molecular weight excluding hydrogens is 299 g/mol. The Morgan fingerprint density at radius 1 is 1.05 bits per heavy atom. The zero-order chi connectivity index (χ0) is 13.9. The van der Waals surface area contributed by atoms with Gasteiger partial charge < -0.3 is 4.55 Å². The van der Waals surface area contributed by atoms with Gasteiger partial charge in [-0.2, -0.15) is 0 Å². The summed E-state index contributed by atoms with van der Waals surface area (Å²) in [5.74, 6) is 0. The van der Waals surface area contributed by atoms with Gasteiger partial charge in [-0.05, 0) is 35.2 Å². The largest absolute Gasteiger partial charge is 1.00 e. The molecule has 0 aliphatic rings. The van der Waals surface area contributed by atoms with Crippen molar-refractivity contribution >= 4 is 20.9 Å². The van der Waals surface area contributed by atoms with Gasteiger partial charge in [0.2, 0.25) is 0 Å². The molecule has 20 heavy (non-hydrogen) atoms. The van der Waals surface area contributed by atoms with Crippen LogP contribution in [0.25, 0.3) is 10.8 Å². The van der Waals surface area contributed by atoms with Gasteiger partial charge in [-0.3, -0.25) is 0 Å².